The fourth-order valence-electron chi connectivity index (χ4n) is 5.32. The van der Waals surface area contributed by atoms with Gasteiger partial charge in [-0.3, -0.25) is 4.79 Å². The van der Waals surface area contributed by atoms with Crippen LogP contribution in [0.5, 0.6) is 0 Å². The Morgan fingerprint density at radius 1 is 1.29 bits per heavy atom. The quantitative estimate of drug-likeness (QED) is 0.436. The van der Waals surface area contributed by atoms with E-state index in [4.69, 9.17) is 21.1 Å². The Labute approximate surface area is 226 Å². The Morgan fingerprint density at radius 2 is 2.11 bits per heavy atom. The molecule has 2 N–H and O–H groups in total. The van der Waals surface area contributed by atoms with Crippen molar-refractivity contribution in [2.75, 3.05) is 25.6 Å². The molecule has 2 aliphatic heterocycles. The lowest BCUT2D eigenvalue weighted by Crippen LogP contribution is -2.49. The standard InChI is InChI=1S/C28H32ClFN4O4/c1-28(2)9-21(15-38-28)32-26-8-23(24(29)10-31-26)19-7-25-27(36)34(22(16-37-3)13-33(25)11-19)12-18-6-20(30)5-4-17(18)14-35/h4-8,10-11,21-22,35H,9,12-16H2,1-3H3,(H,31,32). The van der Waals surface area contributed by atoms with E-state index in [1.807, 2.05) is 22.9 Å². The number of nitrogens with one attached hydrogen (secondary N) is 1. The van der Waals surface area contributed by atoms with E-state index < -0.39 is 5.82 Å². The van der Waals surface area contributed by atoms with Crippen molar-refractivity contribution < 1.29 is 23.8 Å². The number of hydrogen-bond donors (Lipinski definition) is 2. The summed E-state index contributed by atoms with van der Waals surface area (Å²) in [5.41, 5.74) is 3.03. The van der Waals surface area contributed by atoms with Gasteiger partial charge in [-0.2, -0.15) is 0 Å². The molecule has 38 heavy (non-hydrogen) atoms. The van der Waals surface area contributed by atoms with E-state index >= 15 is 0 Å². The van der Waals surface area contributed by atoms with E-state index in [9.17, 15) is 14.3 Å². The molecular weight excluding hydrogens is 511 g/mol. The zero-order valence-corrected chi connectivity index (χ0v) is 22.5. The Balaban J connectivity index is 1.43. The Hall–Kier alpha value is -2.98. The van der Waals surface area contributed by atoms with Gasteiger partial charge in [-0.25, -0.2) is 9.37 Å². The number of amides is 1. The number of aromatic nitrogens is 2. The van der Waals surface area contributed by atoms with Crippen LogP contribution in [0.4, 0.5) is 10.2 Å². The monoisotopic (exact) mass is 542 g/mol. The number of halogens is 2. The molecule has 1 saturated heterocycles. The molecule has 0 bridgehead atoms. The third kappa shape index (κ3) is 5.42. The van der Waals surface area contributed by atoms with Gasteiger partial charge >= 0.3 is 0 Å². The van der Waals surface area contributed by atoms with E-state index in [0.717, 1.165) is 17.5 Å². The van der Waals surface area contributed by atoms with Gasteiger partial charge in [0, 0.05) is 43.7 Å². The maximum Gasteiger partial charge on any atom is 0.271 e. The van der Waals surface area contributed by atoms with Gasteiger partial charge in [-0.1, -0.05) is 17.7 Å². The minimum atomic E-state index is -0.417. The zero-order chi connectivity index (χ0) is 27.0. The lowest BCUT2D eigenvalue weighted by Gasteiger charge is -2.36. The van der Waals surface area contributed by atoms with Crippen molar-refractivity contribution in [1.29, 1.82) is 0 Å². The second-order valence-electron chi connectivity index (χ2n) is 10.5. The van der Waals surface area contributed by atoms with Crippen LogP contribution in [0.15, 0.2) is 42.7 Å². The fourth-order valence-corrected chi connectivity index (χ4v) is 5.53. The van der Waals surface area contributed by atoms with Crippen LogP contribution in [0.25, 0.3) is 11.1 Å². The van der Waals surface area contributed by atoms with Crippen LogP contribution >= 0.6 is 11.6 Å². The van der Waals surface area contributed by atoms with Crippen molar-refractivity contribution in [1.82, 2.24) is 14.5 Å². The minimum Gasteiger partial charge on any atom is -0.392 e. The number of rotatable bonds is 8. The second kappa shape index (κ2) is 10.6. The molecule has 10 heteroatoms. The first-order chi connectivity index (χ1) is 18.2. The number of ether oxygens (including phenoxy) is 2. The summed E-state index contributed by atoms with van der Waals surface area (Å²) in [6, 6.07) is 7.80. The number of pyridine rings is 1. The van der Waals surface area contributed by atoms with Crippen LogP contribution in [0.3, 0.4) is 0 Å². The number of methoxy groups -OCH3 is 1. The number of anilines is 1. The smallest absolute Gasteiger partial charge is 0.271 e. The largest absolute Gasteiger partial charge is 0.392 e. The molecule has 0 aliphatic carbocycles. The highest BCUT2D eigenvalue weighted by molar-refractivity contribution is 6.33. The summed E-state index contributed by atoms with van der Waals surface area (Å²) < 4.78 is 27.2. The van der Waals surface area contributed by atoms with Crippen molar-refractivity contribution >= 4 is 23.3 Å². The van der Waals surface area contributed by atoms with Gasteiger partial charge in [0.2, 0.25) is 0 Å². The van der Waals surface area contributed by atoms with Gasteiger partial charge < -0.3 is 29.4 Å². The number of fused-ring (bicyclic) bond motifs is 1. The predicted molar refractivity (Wildman–Crippen MR) is 143 cm³/mol. The van der Waals surface area contributed by atoms with Crippen molar-refractivity contribution in [3.05, 3.63) is 70.4 Å². The molecule has 2 aliphatic rings. The van der Waals surface area contributed by atoms with Crippen molar-refractivity contribution in [2.45, 2.75) is 57.6 Å². The highest BCUT2D eigenvalue weighted by atomic mass is 35.5. The Bertz CT molecular complexity index is 1340. The summed E-state index contributed by atoms with van der Waals surface area (Å²) in [5, 5.41) is 13.7. The van der Waals surface area contributed by atoms with Gasteiger partial charge in [-0.15, -0.1) is 0 Å². The number of benzene rings is 1. The molecule has 202 valence electrons. The lowest BCUT2D eigenvalue weighted by atomic mass is 10.0. The molecule has 1 amide bonds. The third-order valence-electron chi connectivity index (χ3n) is 7.19. The maximum atomic E-state index is 14.0. The van der Waals surface area contributed by atoms with Crippen LogP contribution in [0.1, 0.15) is 41.9 Å². The molecule has 0 radical (unpaired) electrons. The predicted octanol–water partition coefficient (Wildman–Crippen LogP) is 4.49. The minimum absolute atomic E-state index is 0.144. The molecule has 5 rings (SSSR count). The summed E-state index contributed by atoms with van der Waals surface area (Å²) >= 11 is 6.56. The van der Waals surface area contributed by atoms with Crippen LogP contribution in [0.2, 0.25) is 5.02 Å². The lowest BCUT2D eigenvalue weighted by molar-refractivity contribution is 0.0363. The van der Waals surface area contributed by atoms with Gasteiger partial charge in [-0.05, 0) is 55.7 Å². The molecule has 1 fully saturated rings. The van der Waals surface area contributed by atoms with Gasteiger partial charge in [0.1, 0.15) is 17.3 Å². The molecule has 4 heterocycles. The van der Waals surface area contributed by atoms with E-state index in [-0.39, 0.29) is 36.7 Å². The first-order valence-corrected chi connectivity index (χ1v) is 13.0. The highest BCUT2D eigenvalue weighted by Gasteiger charge is 2.34. The first kappa shape index (κ1) is 26.6. The van der Waals surface area contributed by atoms with E-state index in [1.165, 1.54) is 12.1 Å². The van der Waals surface area contributed by atoms with Gasteiger partial charge in [0.05, 0.1) is 42.5 Å². The molecule has 2 aromatic heterocycles. The van der Waals surface area contributed by atoms with Crippen molar-refractivity contribution in [2.24, 2.45) is 0 Å². The molecular formula is C28H32ClFN4O4. The van der Waals surface area contributed by atoms with Crippen LogP contribution in [-0.2, 0) is 29.2 Å². The molecule has 1 aromatic carbocycles. The summed E-state index contributed by atoms with van der Waals surface area (Å²) in [5.74, 6) is 0.0689. The fraction of sp³-hybridized carbons (Fsp3) is 0.429. The summed E-state index contributed by atoms with van der Waals surface area (Å²) in [6.45, 7) is 5.46. The maximum absolute atomic E-state index is 14.0. The number of carbonyl (C=O) groups excluding carboxylic acids is 1. The SMILES string of the molecule is COCC1Cn2cc(-c3cc(NC4COC(C)(C)C4)ncc3Cl)cc2C(=O)N1Cc1cc(F)ccc1CO. The van der Waals surface area contributed by atoms with E-state index in [1.54, 1.807) is 24.3 Å². The van der Waals surface area contributed by atoms with Gasteiger partial charge in [0.15, 0.2) is 0 Å². The second-order valence-corrected chi connectivity index (χ2v) is 11.0. The highest BCUT2D eigenvalue weighted by Crippen LogP contribution is 2.34. The number of hydrogen-bond acceptors (Lipinski definition) is 6. The summed E-state index contributed by atoms with van der Waals surface area (Å²) in [6.07, 6.45) is 4.39. The van der Waals surface area contributed by atoms with Crippen LogP contribution in [-0.4, -0.2) is 63.5 Å². The molecule has 2 unspecified atom stereocenters. The number of aliphatic hydroxyl groups excluding tert-OH is 1. The van der Waals surface area contributed by atoms with Crippen molar-refractivity contribution in [3.63, 3.8) is 0 Å². The van der Waals surface area contributed by atoms with E-state index in [2.05, 4.69) is 24.1 Å². The first-order valence-electron chi connectivity index (χ1n) is 12.6. The molecule has 0 saturated carbocycles. The van der Waals surface area contributed by atoms with Gasteiger partial charge in [0.25, 0.3) is 5.91 Å². The Kier molecular flexibility index (Phi) is 7.46. The molecule has 8 nitrogen and oxygen atoms in total. The topological polar surface area (TPSA) is 88.8 Å². The number of nitrogens with zero attached hydrogens (tertiary/aromatic N) is 3. The molecule has 0 spiro atoms. The summed E-state index contributed by atoms with van der Waals surface area (Å²) in [7, 11) is 1.59. The molecule has 2 atom stereocenters. The number of carbonyl (C=O) groups is 1. The van der Waals surface area contributed by atoms with Crippen LogP contribution in [0, 0.1) is 5.82 Å². The van der Waals surface area contributed by atoms with Crippen molar-refractivity contribution in [3.8, 4) is 11.1 Å². The average Bonchev–Trinajstić information content (AvgIpc) is 3.45. The number of aliphatic hydroxyl groups is 1. The van der Waals surface area contributed by atoms with E-state index in [0.29, 0.717) is 47.4 Å². The molecule has 3 aromatic rings. The third-order valence-corrected chi connectivity index (χ3v) is 7.50. The average molecular weight is 543 g/mol. The van der Waals surface area contributed by atoms with Crippen LogP contribution < -0.4 is 5.32 Å². The summed E-state index contributed by atoms with van der Waals surface area (Å²) in [4.78, 5) is 19.8. The Morgan fingerprint density at radius 3 is 2.82 bits per heavy atom. The normalized spacial score (nSPS) is 20.6. The zero-order valence-electron chi connectivity index (χ0n) is 21.7.